The van der Waals surface area contributed by atoms with Gasteiger partial charge in [-0.2, -0.15) is 8.78 Å². The van der Waals surface area contributed by atoms with Crippen molar-refractivity contribution >= 4 is 5.91 Å². The predicted octanol–water partition coefficient (Wildman–Crippen LogP) is 2.50. The minimum absolute atomic E-state index is 0.0609. The monoisotopic (exact) mass is 298 g/mol. The van der Waals surface area contributed by atoms with E-state index in [1.54, 1.807) is 4.90 Å². The second-order valence-electron chi connectivity index (χ2n) is 5.05. The number of nitrogens with one attached hydrogen (secondary N) is 1. The first-order valence-corrected chi connectivity index (χ1v) is 7.17. The van der Waals surface area contributed by atoms with Gasteiger partial charge in [0.25, 0.3) is 5.91 Å². The van der Waals surface area contributed by atoms with Gasteiger partial charge in [0.2, 0.25) is 0 Å². The summed E-state index contributed by atoms with van der Waals surface area (Å²) in [6.07, 6.45) is 2.04. The number of nitrogens with zero attached hydrogens (tertiary/aromatic N) is 1. The fraction of sp³-hybridized carbons (Fsp3) is 0.533. The molecule has 2 rings (SSSR count). The molecule has 1 aliphatic rings. The van der Waals surface area contributed by atoms with Crippen LogP contribution in [0.4, 0.5) is 8.78 Å². The predicted molar refractivity (Wildman–Crippen MR) is 75.7 cm³/mol. The Bertz CT molecular complexity index is 463. The highest BCUT2D eigenvalue weighted by Gasteiger charge is 2.23. The molecule has 1 saturated heterocycles. The van der Waals surface area contributed by atoms with Gasteiger partial charge < -0.3 is 15.0 Å². The average molecular weight is 298 g/mol. The number of carbonyl (C=O) groups is 1. The zero-order valence-electron chi connectivity index (χ0n) is 12.0. The molecule has 21 heavy (non-hydrogen) atoms. The van der Waals surface area contributed by atoms with Crippen LogP contribution in [-0.2, 0) is 0 Å². The maximum absolute atomic E-state index is 12.4. The Morgan fingerprint density at radius 3 is 2.76 bits per heavy atom. The first-order chi connectivity index (χ1) is 10.1. The lowest BCUT2D eigenvalue weighted by Gasteiger charge is -2.33. The van der Waals surface area contributed by atoms with E-state index in [0.29, 0.717) is 18.2 Å². The van der Waals surface area contributed by atoms with Crippen molar-refractivity contribution in [2.24, 2.45) is 0 Å². The van der Waals surface area contributed by atoms with Crippen molar-refractivity contribution in [2.45, 2.75) is 32.4 Å². The van der Waals surface area contributed by atoms with Gasteiger partial charge in [-0.05, 0) is 43.7 Å². The van der Waals surface area contributed by atoms with Crippen LogP contribution < -0.4 is 10.1 Å². The van der Waals surface area contributed by atoms with Gasteiger partial charge in [0.1, 0.15) is 5.75 Å². The van der Waals surface area contributed by atoms with Gasteiger partial charge in [0.05, 0.1) is 0 Å². The number of ether oxygens (including phenoxy) is 1. The number of amides is 1. The standard InChI is InChI=1S/C15H20F2N2O2/c1-2-18-12-4-3-9-19(10-12)14(20)11-5-7-13(8-6-11)21-15(16)17/h5-8,12,15,18H,2-4,9-10H2,1H3. The summed E-state index contributed by atoms with van der Waals surface area (Å²) in [5, 5.41) is 3.35. The van der Waals surface area contributed by atoms with Crippen molar-refractivity contribution in [3.05, 3.63) is 29.8 Å². The molecule has 1 heterocycles. The highest BCUT2D eigenvalue weighted by molar-refractivity contribution is 5.94. The zero-order valence-corrected chi connectivity index (χ0v) is 12.0. The van der Waals surface area contributed by atoms with Gasteiger partial charge in [0, 0.05) is 24.7 Å². The van der Waals surface area contributed by atoms with Crippen molar-refractivity contribution in [1.82, 2.24) is 10.2 Å². The highest BCUT2D eigenvalue weighted by atomic mass is 19.3. The van der Waals surface area contributed by atoms with Crippen LogP contribution >= 0.6 is 0 Å². The third kappa shape index (κ3) is 4.39. The SMILES string of the molecule is CCNC1CCCN(C(=O)c2ccc(OC(F)F)cc2)C1. The summed E-state index contributed by atoms with van der Waals surface area (Å²) in [6, 6.07) is 6.17. The van der Waals surface area contributed by atoms with E-state index >= 15 is 0 Å². The number of benzene rings is 1. The number of halogens is 2. The van der Waals surface area contributed by atoms with Crippen molar-refractivity contribution in [3.63, 3.8) is 0 Å². The fourth-order valence-corrected chi connectivity index (χ4v) is 2.58. The van der Waals surface area contributed by atoms with Crippen LogP contribution in [0, 0.1) is 0 Å². The van der Waals surface area contributed by atoms with E-state index in [9.17, 15) is 13.6 Å². The van der Waals surface area contributed by atoms with Crippen molar-refractivity contribution < 1.29 is 18.3 Å². The molecule has 0 spiro atoms. The lowest BCUT2D eigenvalue weighted by molar-refractivity contribution is -0.0498. The van der Waals surface area contributed by atoms with E-state index in [4.69, 9.17) is 0 Å². The van der Waals surface area contributed by atoms with E-state index in [-0.39, 0.29) is 11.7 Å². The molecule has 1 aliphatic heterocycles. The van der Waals surface area contributed by atoms with Crippen LogP contribution in [0.5, 0.6) is 5.75 Å². The molecule has 1 unspecified atom stereocenters. The lowest BCUT2D eigenvalue weighted by Crippen LogP contribution is -2.47. The molecule has 0 aliphatic carbocycles. The zero-order chi connectivity index (χ0) is 15.2. The molecular formula is C15H20F2N2O2. The second kappa shape index (κ2) is 7.36. The summed E-state index contributed by atoms with van der Waals surface area (Å²) >= 11 is 0. The average Bonchev–Trinajstić information content (AvgIpc) is 2.47. The van der Waals surface area contributed by atoms with E-state index < -0.39 is 6.61 Å². The topological polar surface area (TPSA) is 41.6 Å². The molecule has 0 bridgehead atoms. The van der Waals surface area contributed by atoms with Gasteiger partial charge in [-0.1, -0.05) is 6.92 Å². The molecule has 0 radical (unpaired) electrons. The third-order valence-corrected chi connectivity index (χ3v) is 3.53. The minimum Gasteiger partial charge on any atom is -0.435 e. The summed E-state index contributed by atoms with van der Waals surface area (Å²) in [5.41, 5.74) is 0.494. The maximum atomic E-state index is 12.4. The Morgan fingerprint density at radius 1 is 1.43 bits per heavy atom. The number of carbonyl (C=O) groups excluding carboxylic acids is 1. The molecule has 1 aromatic carbocycles. The quantitative estimate of drug-likeness (QED) is 0.908. The van der Waals surface area contributed by atoms with Crippen molar-refractivity contribution in [2.75, 3.05) is 19.6 Å². The summed E-state index contributed by atoms with van der Waals surface area (Å²) in [4.78, 5) is 14.2. The van der Waals surface area contributed by atoms with Crippen LogP contribution in [-0.4, -0.2) is 43.1 Å². The molecule has 4 nitrogen and oxygen atoms in total. The minimum atomic E-state index is -2.85. The highest BCUT2D eigenvalue weighted by Crippen LogP contribution is 2.18. The van der Waals surface area contributed by atoms with Crippen LogP contribution in [0.3, 0.4) is 0 Å². The van der Waals surface area contributed by atoms with Gasteiger partial charge in [0.15, 0.2) is 0 Å². The smallest absolute Gasteiger partial charge is 0.387 e. The molecule has 1 fully saturated rings. The maximum Gasteiger partial charge on any atom is 0.387 e. The Kier molecular flexibility index (Phi) is 5.50. The number of hydrogen-bond donors (Lipinski definition) is 1. The molecule has 1 N–H and O–H groups in total. The Morgan fingerprint density at radius 2 is 2.14 bits per heavy atom. The molecule has 0 aromatic heterocycles. The second-order valence-corrected chi connectivity index (χ2v) is 5.05. The van der Waals surface area contributed by atoms with Crippen LogP contribution in [0.25, 0.3) is 0 Å². The Balaban J connectivity index is 1.98. The number of rotatable bonds is 5. The number of likely N-dealkylation sites (N-methyl/N-ethyl adjacent to an activating group) is 1. The number of alkyl halides is 2. The Hall–Kier alpha value is -1.69. The molecule has 1 aromatic rings. The fourth-order valence-electron chi connectivity index (χ4n) is 2.58. The van der Waals surface area contributed by atoms with Crippen molar-refractivity contribution in [1.29, 1.82) is 0 Å². The molecule has 0 saturated carbocycles. The number of hydrogen-bond acceptors (Lipinski definition) is 3. The molecule has 116 valence electrons. The number of piperidine rings is 1. The van der Waals surface area contributed by atoms with E-state index in [0.717, 1.165) is 25.9 Å². The largest absolute Gasteiger partial charge is 0.435 e. The summed E-state index contributed by atoms with van der Waals surface area (Å²) in [7, 11) is 0. The number of likely N-dealkylation sites (tertiary alicyclic amines) is 1. The Labute approximate surface area is 123 Å². The first kappa shape index (κ1) is 15.7. The van der Waals surface area contributed by atoms with E-state index in [1.807, 2.05) is 6.92 Å². The summed E-state index contributed by atoms with van der Waals surface area (Å²) < 4.78 is 28.4. The van der Waals surface area contributed by atoms with Gasteiger partial charge in [-0.3, -0.25) is 4.79 Å². The normalized spacial score (nSPS) is 18.9. The van der Waals surface area contributed by atoms with Crippen LogP contribution in [0.1, 0.15) is 30.1 Å². The van der Waals surface area contributed by atoms with Crippen molar-refractivity contribution in [3.8, 4) is 5.75 Å². The third-order valence-electron chi connectivity index (χ3n) is 3.53. The van der Waals surface area contributed by atoms with E-state index in [1.165, 1.54) is 24.3 Å². The molecule has 1 atom stereocenters. The first-order valence-electron chi connectivity index (χ1n) is 7.17. The molecule has 1 amide bonds. The van der Waals surface area contributed by atoms with Gasteiger partial charge >= 0.3 is 6.61 Å². The molecular weight excluding hydrogens is 278 g/mol. The van der Waals surface area contributed by atoms with Gasteiger partial charge in [-0.25, -0.2) is 0 Å². The van der Waals surface area contributed by atoms with Gasteiger partial charge in [-0.15, -0.1) is 0 Å². The van der Waals surface area contributed by atoms with Crippen LogP contribution in [0.15, 0.2) is 24.3 Å². The van der Waals surface area contributed by atoms with Crippen LogP contribution in [0.2, 0.25) is 0 Å². The molecule has 6 heteroatoms. The summed E-state index contributed by atoms with van der Waals surface area (Å²) in [6.45, 7) is 1.49. The summed E-state index contributed by atoms with van der Waals surface area (Å²) in [5.74, 6) is -0.00748. The lowest BCUT2D eigenvalue weighted by atomic mass is 10.0. The van der Waals surface area contributed by atoms with E-state index in [2.05, 4.69) is 10.1 Å².